The number of carboxylic acid groups (broad SMARTS) is 1. The molecule has 1 aliphatic rings. The molecule has 0 fully saturated rings. The van der Waals surface area contributed by atoms with E-state index in [1.165, 1.54) is 7.11 Å². The van der Waals surface area contributed by atoms with Crippen LogP contribution < -0.4 is 10.1 Å². The van der Waals surface area contributed by atoms with E-state index in [9.17, 15) is 19.8 Å². The third kappa shape index (κ3) is 4.48. The largest absolute Gasteiger partial charge is 0.504 e. The van der Waals surface area contributed by atoms with Gasteiger partial charge in [-0.05, 0) is 40.8 Å². The van der Waals surface area contributed by atoms with Gasteiger partial charge in [-0.3, -0.25) is 0 Å². The van der Waals surface area contributed by atoms with Crippen LogP contribution in [0.15, 0.2) is 60.7 Å². The minimum Gasteiger partial charge on any atom is -0.504 e. The minimum atomic E-state index is -1.28. The van der Waals surface area contributed by atoms with Crippen molar-refractivity contribution in [2.45, 2.75) is 25.3 Å². The number of aryl methyl sites for hydroxylation is 1. The second-order valence-corrected chi connectivity index (χ2v) is 8.04. The first-order valence-corrected chi connectivity index (χ1v) is 10.6. The molecule has 1 atom stereocenters. The second kappa shape index (κ2) is 9.24. The zero-order valence-corrected chi connectivity index (χ0v) is 18.4. The van der Waals surface area contributed by atoms with E-state index >= 15 is 0 Å². The van der Waals surface area contributed by atoms with Crippen molar-refractivity contribution in [1.82, 2.24) is 5.32 Å². The highest BCUT2D eigenvalue weighted by Crippen LogP contribution is 2.44. The Kier molecular flexibility index (Phi) is 6.22. The summed E-state index contributed by atoms with van der Waals surface area (Å²) >= 11 is 0. The highest BCUT2D eigenvalue weighted by atomic mass is 16.5. The lowest BCUT2D eigenvalue weighted by Gasteiger charge is -2.18. The molecular formula is C26H25NO6. The predicted molar refractivity (Wildman–Crippen MR) is 123 cm³/mol. The maximum Gasteiger partial charge on any atom is 0.407 e. The van der Waals surface area contributed by atoms with E-state index in [1.807, 2.05) is 48.5 Å². The topological polar surface area (TPSA) is 105 Å². The number of phenolic OH excluding ortho intramolecular Hbond substituents is 1. The van der Waals surface area contributed by atoms with Gasteiger partial charge in [-0.15, -0.1) is 0 Å². The maximum atomic E-state index is 12.5. The number of ether oxygens (including phenoxy) is 2. The van der Waals surface area contributed by atoms with E-state index < -0.39 is 18.1 Å². The molecule has 1 amide bonds. The highest BCUT2D eigenvalue weighted by molar-refractivity contribution is 5.81. The van der Waals surface area contributed by atoms with Gasteiger partial charge in [0.05, 0.1) is 7.11 Å². The smallest absolute Gasteiger partial charge is 0.407 e. The summed E-state index contributed by atoms with van der Waals surface area (Å²) in [5, 5.41) is 22.4. The fourth-order valence-corrected chi connectivity index (χ4v) is 4.33. The number of aliphatic carboxylic acids is 1. The minimum absolute atomic E-state index is 0.0791. The summed E-state index contributed by atoms with van der Waals surface area (Å²) in [6, 6.07) is 18.0. The molecule has 3 N–H and O–H groups in total. The van der Waals surface area contributed by atoms with E-state index in [0.717, 1.165) is 27.8 Å². The van der Waals surface area contributed by atoms with Crippen LogP contribution in [0.2, 0.25) is 0 Å². The van der Waals surface area contributed by atoms with Crippen LogP contribution in [0.25, 0.3) is 11.1 Å². The quantitative estimate of drug-likeness (QED) is 0.500. The molecule has 0 heterocycles. The zero-order valence-electron chi connectivity index (χ0n) is 18.4. The van der Waals surface area contributed by atoms with Gasteiger partial charge in [-0.25, -0.2) is 9.59 Å². The molecule has 0 saturated heterocycles. The van der Waals surface area contributed by atoms with E-state index in [0.29, 0.717) is 5.56 Å². The molecule has 170 valence electrons. The molecule has 0 aliphatic heterocycles. The Morgan fingerprint density at radius 3 is 2.21 bits per heavy atom. The average molecular weight is 447 g/mol. The number of methoxy groups -OCH3 is 1. The number of nitrogens with one attached hydrogen (secondary N) is 1. The normalized spacial score (nSPS) is 13.0. The van der Waals surface area contributed by atoms with Crippen LogP contribution in [0.3, 0.4) is 0 Å². The molecule has 3 aromatic carbocycles. The molecule has 0 spiro atoms. The van der Waals surface area contributed by atoms with Crippen molar-refractivity contribution < 1.29 is 29.3 Å². The van der Waals surface area contributed by atoms with E-state index in [2.05, 4.69) is 5.32 Å². The van der Waals surface area contributed by atoms with Gasteiger partial charge in [0.15, 0.2) is 11.5 Å². The number of amides is 1. The van der Waals surface area contributed by atoms with Crippen LogP contribution in [0.4, 0.5) is 4.79 Å². The number of carbonyl (C=O) groups excluding carboxylic acids is 1. The summed E-state index contributed by atoms with van der Waals surface area (Å²) < 4.78 is 10.6. The van der Waals surface area contributed by atoms with Gasteiger partial charge >= 0.3 is 12.1 Å². The van der Waals surface area contributed by atoms with Crippen molar-refractivity contribution in [3.63, 3.8) is 0 Å². The fourth-order valence-electron chi connectivity index (χ4n) is 4.33. The molecule has 0 saturated carbocycles. The average Bonchev–Trinajstić information content (AvgIpc) is 3.13. The van der Waals surface area contributed by atoms with Crippen molar-refractivity contribution in [3.05, 3.63) is 82.9 Å². The van der Waals surface area contributed by atoms with Gasteiger partial charge in [-0.2, -0.15) is 0 Å². The van der Waals surface area contributed by atoms with Crippen LogP contribution in [0, 0.1) is 6.92 Å². The van der Waals surface area contributed by atoms with Gasteiger partial charge in [0.2, 0.25) is 0 Å². The molecule has 3 aromatic rings. The Labute approximate surface area is 191 Å². The molecule has 1 aliphatic carbocycles. The van der Waals surface area contributed by atoms with Gasteiger partial charge < -0.3 is 25.0 Å². The number of fused-ring (bicyclic) bond motifs is 3. The lowest BCUT2D eigenvalue weighted by atomic mass is 9.98. The number of alkyl carbamates (subject to hydrolysis) is 1. The zero-order chi connectivity index (χ0) is 23.5. The Bertz CT molecular complexity index is 1160. The summed E-state index contributed by atoms with van der Waals surface area (Å²) in [5.74, 6) is -1.26. The van der Waals surface area contributed by atoms with Crippen molar-refractivity contribution in [2.24, 2.45) is 0 Å². The number of carboxylic acids is 1. The summed E-state index contributed by atoms with van der Waals surface area (Å²) in [6.07, 6.45) is -0.952. The Morgan fingerprint density at radius 1 is 1.03 bits per heavy atom. The van der Waals surface area contributed by atoms with Gasteiger partial charge in [-0.1, -0.05) is 54.6 Å². The molecule has 0 bridgehead atoms. The standard InChI is InChI=1S/C26H25NO6/c1-15-11-16(24(28)23(12-15)32-2)13-22(25(29)30)27-26(31)33-14-21-19-9-5-3-7-17(19)18-8-4-6-10-20(18)21/h3-12,21-22,28H,13-14H2,1-2H3,(H,27,31)(H,29,30). The Morgan fingerprint density at radius 2 is 1.64 bits per heavy atom. The predicted octanol–water partition coefficient (Wildman–Crippen LogP) is 4.24. The third-order valence-electron chi connectivity index (χ3n) is 5.88. The number of carbonyl (C=O) groups is 2. The van der Waals surface area contributed by atoms with Crippen LogP contribution in [0.1, 0.15) is 28.2 Å². The maximum absolute atomic E-state index is 12.5. The molecule has 7 nitrogen and oxygen atoms in total. The van der Waals surface area contributed by atoms with Crippen molar-refractivity contribution in [1.29, 1.82) is 0 Å². The van der Waals surface area contributed by atoms with Gasteiger partial charge in [0.1, 0.15) is 12.6 Å². The van der Waals surface area contributed by atoms with Crippen LogP contribution in [0.5, 0.6) is 11.5 Å². The first-order valence-electron chi connectivity index (χ1n) is 10.6. The highest BCUT2D eigenvalue weighted by Gasteiger charge is 2.30. The summed E-state index contributed by atoms with van der Waals surface area (Å²) in [4.78, 5) is 24.3. The van der Waals surface area contributed by atoms with Crippen molar-refractivity contribution in [3.8, 4) is 22.6 Å². The first kappa shape index (κ1) is 22.2. The lowest BCUT2D eigenvalue weighted by molar-refractivity contribution is -0.139. The monoisotopic (exact) mass is 447 g/mol. The van der Waals surface area contributed by atoms with Crippen molar-refractivity contribution in [2.75, 3.05) is 13.7 Å². The van der Waals surface area contributed by atoms with Crippen molar-refractivity contribution >= 4 is 12.1 Å². The van der Waals surface area contributed by atoms with Gasteiger partial charge in [0.25, 0.3) is 0 Å². The van der Waals surface area contributed by atoms with Crippen LogP contribution in [-0.4, -0.2) is 42.0 Å². The van der Waals surface area contributed by atoms with Gasteiger partial charge in [0, 0.05) is 17.9 Å². The summed E-state index contributed by atoms with van der Waals surface area (Å²) in [7, 11) is 1.42. The number of aromatic hydroxyl groups is 1. The Balaban J connectivity index is 1.46. The SMILES string of the molecule is COc1cc(C)cc(CC(NC(=O)OCC2c3ccccc3-c3ccccc32)C(=O)O)c1O. The second-order valence-electron chi connectivity index (χ2n) is 8.04. The number of benzene rings is 3. The number of phenols is 1. The Hall–Kier alpha value is -4.00. The molecule has 7 heteroatoms. The number of rotatable bonds is 7. The summed E-state index contributed by atoms with van der Waals surface area (Å²) in [6.45, 7) is 1.88. The summed E-state index contributed by atoms with van der Waals surface area (Å²) in [5.41, 5.74) is 5.50. The molecule has 33 heavy (non-hydrogen) atoms. The first-order chi connectivity index (χ1) is 15.9. The van der Waals surface area contributed by atoms with E-state index in [4.69, 9.17) is 9.47 Å². The molecular weight excluding hydrogens is 422 g/mol. The van der Waals surface area contributed by atoms with E-state index in [1.54, 1.807) is 19.1 Å². The lowest BCUT2D eigenvalue weighted by Crippen LogP contribution is -2.43. The fraction of sp³-hybridized carbons (Fsp3) is 0.231. The van der Waals surface area contributed by atoms with Crippen LogP contribution >= 0.6 is 0 Å². The third-order valence-corrected chi connectivity index (χ3v) is 5.88. The van der Waals surface area contributed by atoms with E-state index in [-0.39, 0.29) is 30.4 Å². The number of hydrogen-bond acceptors (Lipinski definition) is 5. The van der Waals surface area contributed by atoms with Crippen LogP contribution in [-0.2, 0) is 16.0 Å². The molecule has 4 rings (SSSR count). The molecule has 0 radical (unpaired) electrons. The molecule has 1 unspecified atom stereocenters. The number of hydrogen-bond donors (Lipinski definition) is 3. The molecule has 0 aromatic heterocycles.